The van der Waals surface area contributed by atoms with Crippen LogP contribution in [0.5, 0.6) is 0 Å². The van der Waals surface area contributed by atoms with Crippen molar-refractivity contribution < 1.29 is 9.53 Å². The Morgan fingerprint density at radius 3 is 2.85 bits per heavy atom. The predicted molar refractivity (Wildman–Crippen MR) is 127 cm³/mol. The highest BCUT2D eigenvalue weighted by molar-refractivity contribution is 6.03. The van der Waals surface area contributed by atoms with Crippen molar-refractivity contribution in [2.75, 3.05) is 11.9 Å². The molecule has 0 radical (unpaired) electrons. The third kappa shape index (κ3) is 4.08. The number of aromatic nitrogens is 5. The van der Waals surface area contributed by atoms with Crippen LogP contribution in [0.15, 0.2) is 30.6 Å². The zero-order valence-corrected chi connectivity index (χ0v) is 19.4. The quantitative estimate of drug-likeness (QED) is 0.497. The van der Waals surface area contributed by atoms with Crippen molar-refractivity contribution in [3.63, 3.8) is 0 Å². The SMILES string of the molecule is Cc1ncc(NC(=O)Cc2nc3cnc4ccc(C#N)cc4c3n2[C@@H]2CCO[C@H](C)C2)c(C)n1. The normalized spacial score (nSPS) is 18.2. The zero-order valence-electron chi connectivity index (χ0n) is 19.4. The van der Waals surface area contributed by atoms with Gasteiger partial charge in [0, 0.05) is 18.0 Å². The van der Waals surface area contributed by atoms with Crippen molar-refractivity contribution in [2.45, 2.75) is 52.2 Å². The van der Waals surface area contributed by atoms with Gasteiger partial charge in [-0.15, -0.1) is 0 Å². The van der Waals surface area contributed by atoms with Gasteiger partial charge in [0.1, 0.15) is 17.2 Å². The molecule has 9 heteroatoms. The molecule has 1 fully saturated rings. The Morgan fingerprint density at radius 1 is 1.24 bits per heavy atom. The number of anilines is 1. The fourth-order valence-electron chi connectivity index (χ4n) is 4.67. The molecule has 1 aliphatic rings. The van der Waals surface area contributed by atoms with E-state index < -0.39 is 0 Å². The summed E-state index contributed by atoms with van der Waals surface area (Å²) in [4.78, 5) is 30.9. The largest absolute Gasteiger partial charge is 0.378 e. The van der Waals surface area contributed by atoms with Crippen LogP contribution in [0.1, 0.15) is 48.7 Å². The summed E-state index contributed by atoms with van der Waals surface area (Å²) in [5.41, 5.74) is 4.26. The minimum absolute atomic E-state index is 0.0904. The van der Waals surface area contributed by atoms with Crippen molar-refractivity contribution in [3.8, 4) is 6.07 Å². The molecule has 4 aromatic rings. The number of hydrogen-bond donors (Lipinski definition) is 1. The Bertz CT molecular complexity index is 1450. The highest BCUT2D eigenvalue weighted by Gasteiger charge is 2.27. The van der Waals surface area contributed by atoms with Gasteiger partial charge in [-0.1, -0.05) is 0 Å². The summed E-state index contributed by atoms with van der Waals surface area (Å²) in [6, 6.07) is 7.80. The van der Waals surface area contributed by atoms with E-state index >= 15 is 0 Å². The lowest BCUT2D eigenvalue weighted by Gasteiger charge is -2.30. The molecule has 1 saturated heterocycles. The number of aryl methyl sites for hydroxylation is 2. The molecule has 34 heavy (non-hydrogen) atoms. The molecule has 0 saturated carbocycles. The van der Waals surface area contributed by atoms with E-state index in [4.69, 9.17) is 9.72 Å². The van der Waals surface area contributed by atoms with Crippen molar-refractivity contribution in [1.82, 2.24) is 24.5 Å². The Hall–Kier alpha value is -3.90. The standard InChI is InChI=1S/C25H25N7O2/c1-14-8-18(6-7-34-14)32-23(10-24(33)31-21-12-27-16(3)29-15(21)2)30-22-13-28-20-5-4-17(11-26)9-19(20)25(22)32/h4-5,9,12-14,18H,6-8,10H2,1-3H3,(H,31,33)/t14-,18-/m1/s1. The highest BCUT2D eigenvalue weighted by Crippen LogP contribution is 2.34. The molecule has 172 valence electrons. The predicted octanol–water partition coefficient (Wildman–Crippen LogP) is 3.78. The number of carbonyl (C=O) groups excluding carboxylic acids is 1. The molecule has 1 aromatic carbocycles. The van der Waals surface area contributed by atoms with Crippen LogP contribution in [0.3, 0.4) is 0 Å². The first-order valence-corrected chi connectivity index (χ1v) is 11.3. The van der Waals surface area contributed by atoms with Crippen LogP contribution in [0, 0.1) is 25.2 Å². The number of hydrogen-bond acceptors (Lipinski definition) is 7. The number of imidazole rings is 1. The van der Waals surface area contributed by atoms with Crippen molar-refractivity contribution in [2.24, 2.45) is 0 Å². The first-order valence-electron chi connectivity index (χ1n) is 11.3. The van der Waals surface area contributed by atoms with Gasteiger partial charge in [0.15, 0.2) is 0 Å². The van der Waals surface area contributed by atoms with E-state index in [1.165, 1.54) is 0 Å². The van der Waals surface area contributed by atoms with E-state index in [9.17, 15) is 10.1 Å². The maximum Gasteiger partial charge on any atom is 0.232 e. The maximum absolute atomic E-state index is 13.1. The van der Waals surface area contributed by atoms with Crippen LogP contribution in [0.2, 0.25) is 0 Å². The van der Waals surface area contributed by atoms with Crippen LogP contribution in [-0.4, -0.2) is 43.1 Å². The summed E-state index contributed by atoms with van der Waals surface area (Å²) in [5.74, 6) is 1.12. The molecule has 2 atom stereocenters. The van der Waals surface area contributed by atoms with Gasteiger partial charge >= 0.3 is 0 Å². The number of nitrogens with zero attached hydrogens (tertiary/aromatic N) is 6. The second kappa shape index (κ2) is 8.80. The molecule has 1 aliphatic heterocycles. The van der Waals surface area contributed by atoms with Gasteiger partial charge in [0.25, 0.3) is 0 Å². The van der Waals surface area contributed by atoms with E-state index in [1.54, 1.807) is 18.5 Å². The number of fused-ring (bicyclic) bond motifs is 3. The van der Waals surface area contributed by atoms with Crippen molar-refractivity contribution in [3.05, 3.63) is 53.5 Å². The lowest BCUT2D eigenvalue weighted by molar-refractivity contribution is -0.115. The number of nitriles is 1. The maximum atomic E-state index is 13.1. The molecule has 1 amide bonds. The molecular weight excluding hydrogens is 430 g/mol. The minimum atomic E-state index is -0.192. The summed E-state index contributed by atoms with van der Waals surface area (Å²) < 4.78 is 7.95. The number of rotatable bonds is 4. The lowest BCUT2D eigenvalue weighted by atomic mass is 10.0. The fraction of sp³-hybridized carbons (Fsp3) is 0.360. The monoisotopic (exact) mass is 455 g/mol. The summed E-state index contributed by atoms with van der Waals surface area (Å²) in [5, 5.41) is 13.2. The molecule has 5 rings (SSSR count). The van der Waals surface area contributed by atoms with Gasteiger partial charge in [0.05, 0.1) is 59.0 Å². The summed E-state index contributed by atoms with van der Waals surface area (Å²) in [7, 11) is 0. The van der Waals surface area contributed by atoms with Gasteiger partial charge in [0.2, 0.25) is 5.91 Å². The van der Waals surface area contributed by atoms with Crippen LogP contribution in [0.25, 0.3) is 21.9 Å². The zero-order chi connectivity index (χ0) is 23.8. The molecule has 3 aromatic heterocycles. The number of nitrogens with one attached hydrogen (secondary N) is 1. The van der Waals surface area contributed by atoms with Gasteiger partial charge in [-0.3, -0.25) is 9.78 Å². The highest BCUT2D eigenvalue weighted by atomic mass is 16.5. The van der Waals surface area contributed by atoms with Gasteiger partial charge in [-0.25, -0.2) is 15.0 Å². The summed E-state index contributed by atoms with van der Waals surface area (Å²) >= 11 is 0. The number of pyridine rings is 1. The molecule has 0 bridgehead atoms. The Kier molecular flexibility index (Phi) is 5.67. The smallest absolute Gasteiger partial charge is 0.232 e. The average molecular weight is 456 g/mol. The third-order valence-electron chi connectivity index (χ3n) is 6.23. The molecule has 4 heterocycles. The lowest BCUT2D eigenvalue weighted by Crippen LogP contribution is -2.27. The number of amides is 1. The fourth-order valence-corrected chi connectivity index (χ4v) is 4.67. The topological polar surface area (TPSA) is 119 Å². The molecular formula is C25H25N7O2. The van der Waals surface area contributed by atoms with Crippen LogP contribution < -0.4 is 5.32 Å². The van der Waals surface area contributed by atoms with Crippen LogP contribution >= 0.6 is 0 Å². The number of carbonyl (C=O) groups is 1. The molecule has 1 N–H and O–H groups in total. The second-order valence-corrected chi connectivity index (χ2v) is 8.73. The first-order chi connectivity index (χ1) is 16.4. The van der Waals surface area contributed by atoms with E-state index in [0.717, 1.165) is 29.3 Å². The Balaban J connectivity index is 1.60. The summed E-state index contributed by atoms with van der Waals surface area (Å²) in [6.07, 6.45) is 5.19. The summed E-state index contributed by atoms with van der Waals surface area (Å²) in [6.45, 7) is 6.36. The van der Waals surface area contributed by atoms with Crippen LogP contribution in [-0.2, 0) is 16.0 Å². The van der Waals surface area contributed by atoms with E-state index in [1.807, 2.05) is 26.0 Å². The van der Waals surface area contributed by atoms with Gasteiger partial charge in [-0.05, 0) is 51.8 Å². The Morgan fingerprint density at radius 2 is 2.09 bits per heavy atom. The van der Waals surface area contributed by atoms with Crippen molar-refractivity contribution in [1.29, 1.82) is 5.26 Å². The number of benzene rings is 1. The first kappa shape index (κ1) is 21.9. The minimum Gasteiger partial charge on any atom is -0.378 e. The third-order valence-corrected chi connectivity index (χ3v) is 6.23. The molecule has 0 spiro atoms. The van der Waals surface area contributed by atoms with E-state index in [0.29, 0.717) is 40.7 Å². The molecule has 9 nitrogen and oxygen atoms in total. The van der Waals surface area contributed by atoms with Gasteiger partial charge in [-0.2, -0.15) is 5.26 Å². The van der Waals surface area contributed by atoms with Crippen LogP contribution in [0.4, 0.5) is 5.69 Å². The van der Waals surface area contributed by atoms with E-state index in [2.05, 4.69) is 37.8 Å². The van der Waals surface area contributed by atoms with Gasteiger partial charge < -0.3 is 14.6 Å². The van der Waals surface area contributed by atoms with Crippen molar-refractivity contribution >= 4 is 33.5 Å². The molecule has 0 aliphatic carbocycles. The molecule has 0 unspecified atom stereocenters. The van der Waals surface area contributed by atoms with E-state index in [-0.39, 0.29) is 24.5 Å². The number of ether oxygens (including phenoxy) is 1. The Labute approximate surface area is 196 Å². The average Bonchev–Trinajstić information content (AvgIpc) is 3.18. The second-order valence-electron chi connectivity index (χ2n) is 8.73.